The van der Waals surface area contributed by atoms with Gasteiger partial charge in [-0.1, -0.05) is 12.1 Å². The fraction of sp³-hybridized carbons (Fsp3) is 0.385. The Morgan fingerprint density at radius 2 is 2.16 bits per heavy atom. The molecule has 1 aliphatic rings. The van der Waals surface area contributed by atoms with Crippen molar-refractivity contribution < 1.29 is 19.4 Å². The van der Waals surface area contributed by atoms with Crippen molar-refractivity contribution in [3.05, 3.63) is 24.3 Å². The van der Waals surface area contributed by atoms with Gasteiger partial charge in [-0.3, -0.25) is 9.59 Å². The molecule has 19 heavy (non-hydrogen) atoms. The van der Waals surface area contributed by atoms with Crippen LogP contribution in [0.15, 0.2) is 24.3 Å². The van der Waals surface area contributed by atoms with Crippen molar-refractivity contribution in [3.8, 4) is 5.75 Å². The second-order valence-electron chi connectivity index (χ2n) is 4.03. The molecule has 1 fully saturated rings. The lowest BCUT2D eigenvalue weighted by atomic mass is 10.2. The molecule has 1 aromatic rings. The average Bonchev–Trinajstić information content (AvgIpc) is 2.71. The van der Waals surface area contributed by atoms with E-state index in [0.29, 0.717) is 17.2 Å². The Kier molecular flexibility index (Phi) is 4.44. The average molecular weight is 281 g/mol. The van der Waals surface area contributed by atoms with Gasteiger partial charge >= 0.3 is 0 Å². The SMILES string of the molecule is COc1ccccc1N1C(=O)C[C@H](SCCO)C1=O. The number of aliphatic hydroxyl groups excluding tert-OH is 1. The molecule has 1 atom stereocenters. The highest BCUT2D eigenvalue weighted by atomic mass is 32.2. The molecular weight excluding hydrogens is 266 g/mol. The summed E-state index contributed by atoms with van der Waals surface area (Å²) in [7, 11) is 1.50. The summed E-state index contributed by atoms with van der Waals surface area (Å²) in [6.45, 7) is -0.00268. The molecule has 0 aliphatic carbocycles. The summed E-state index contributed by atoms with van der Waals surface area (Å²) in [6, 6.07) is 6.94. The Bertz CT molecular complexity index is 491. The van der Waals surface area contributed by atoms with E-state index in [9.17, 15) is 9.59 Å². The van der Waals surface area contributed by atoms with Gasteiger partial charge in [-0.2, -0.15) is 0 Å². The van der Waals surface area contributed by atoms with Crippen molar-refractivity contribution in [2.24, 2.45) is 0 Å². The maximum Gasteiger partial charge on any atom is 0.247 e. The molecule has 5 nitrogen and oxygen atoms in total. The van der Waals surface area contributed by atoms with Crippen LogP contribution in [0.2, 0.25) is 0 Å². The number of para-hydroxylation sites is 2. The Hall–Kier alpha value is -1.53. The lowest BCUT2D eigenvalue weighted by Gasteiger charge is -2.17. The smallest absolute Gasteiger partial charge is 0.247 e. The van der Waals surface area contributed by atoms with Gasteiger partial charge in [-0.05, 0) is 12.1 Å². The van der Waals surface area contributed by atoms with E-state index < -0.39 is 5.25 Å². The maximum atomic E-state index is 12.2. The lowest BCUT2D eigenvalue weighted by molar-refractivity contribution is -0.121. The van der Waals surface area contributed by atoms with Crippen LogP contribution in [-0.4, -0.2) is 41.6 Å². The third kappa shape index (κ3) is 2.74. The number of carbonyl (C=O) groups excluding carboxylic acids is 2. The topological polar surface area (TPSA) is 66.8 Å². The Morgan fingerprint density at radius 3 is 2.84 bits per heavy atom. The zero-order chi connectivity index (χ0) is 13.8. The molecule has 1 heterocycles. The molecule has 1 N–H and O–H groups in total. The Balaban J connectivity index is 2.25. The number of rotatable bonds is 5. The second kappa shape index (κ2) is 6.08. The largest absolute Gasteiger partial charge is 0.495 e. The second-order valence-corrected chi connectivity index (χ2v) is 5.34. The van der Waals surface area contributed by atoms with Gasteiger partial charge in [0.25, 0.3) is 0 Å². The number of anilines is 1. The molecule has 0 saturated carbocycles. The fourth-order valence-corrected chi connectivity index (χ4v) is 2.90. The number of nitrogens with zero attached hydrogens (tertiary/aromatic N) is 1. The fourth-order valence-electron chi connectivity index (χ4n) is 2.00. The molecule has 0 aromatic heterocycles. The molecule has 2 amide bonds. The highest BCUT2D eigenvalue weighted by Crippen LogP contribution is 2.34. The Labute approximate surface area is 115 Å². The van der Waals surface area contributed by atoms with Crippen LogP contribution in [0.25, 0.3) is 0 Å². The molecule has 1 saturated heterocycles. The number of methoxy groups -OCH3 is 1. The zero-order valence-electron chi connectivity index (χ0n) is 10.5. The van der Waals surface area contributed by atoms with Crippen LogP contribution in [0.1, 0.15) is 6.42 Å². The standard InChI is InChI=1S/C13H15NO4S/c1-18-10-5-3-2-4-9(10)14-12(16)8-11(13(14)17)19-7-6-15/h2-5,11,15H,6-8H2,1H3/t11-/m0/s1. The van der Waals surface area contributed by atoms with Crippen molar-refractivity contribution in [2.45, 2.75) is 11.7 Å². The van der Waals surface area contributed by atoms with Crippen LogP contribution in [0.3, 0.4) is 0 Å². The zero-order valence-corrected chi connectivity index (χ0v) is 11.4. The van der Waals surface area contributed by atoms with Gasteiger partial charge in [0.2, 0.25) is 11.8 Å². The number of hydrogen-bond acceptors (Lipinski definition) is 5. The Morgan fingerprint density at radius 1 is 1.42 bits per heavy atom. The van der Waals surface area contributed by atoms with E-state index in [4.69, 9.17) is 9.84 Å². The molecule has 1 aromatic carbocycles. The normalized spacial score (nSPS) is 19.1. The minimum Gasteiger partial charge on any atom is -0.495 e. The van der Waals surface area contributed by atoms with E-state index in [1.807, 2.05) is 0 Å². The van der Waals surface area contributed by atoms with E-state index in [2.05, 4.69) is 0 Å². The summed E-state index contributed by atoms with van der Waals surface area (Å²) in [5, 5.41) is 8.38. The van der Waals surface area contributed by atoms with Gasteiger partial charge < -0.3 is 9.84 Å². The number of thioether (sulfide) groups is 1. The van der Waals surface area contributed by atoms with E-state index in [0.717, 1.165) is 0 Å². The van der Waals surface area contributed by atoms with Crippen LogP contribution >= 0.6 is 11.8 Å². The molecule has 0 radical (unpaired) electrons. The molecule has 0 spiro atoms. The summed E-state index contributed by atoms with van der Waals surface area (Å²) in [6.07, 6.45) is 0.168. The number of ether oxygens (including phenoxy) is 1. The third-order valence-corrected chi connectivity index (χ3v) is 4.03. The number of hydrogen-bond donors (Lipinski definition) is 1. The summed E-state index contributed by atoms with van der Waals surface area (Å²) >= 11 is 1.30. The highest BCUT2D eigenvalue weighted by molar-refractivity contribution is 8.00. The van der Waals surface area contributed by atoms with Gasteiger partial charge in [-0.25, -0.2) is 4.90 Å². The number of imide groups is 1. The molecule has 6 heteroatoms. The van der Waals surface area contributed by atoms with Crippen LogP contribution in [0, 0.1) is 0 Å². The van der Waals surface area contributed by atoms with Gasteiger partial charge in [0.15, 0.2) is 0 Å². The van der Waals surface area contributed by atoms with Gasteiger partial charge in [-0.15, -0.1) is 11.8 Å². The van der Waals surface area contributed by atoms with Gasteiger partial charge in [0.1, 0.15) is 5.75 Å². The predicted octanol–water partition coefficient (Wildman–Crippen LogP) is 1.05. The van der Waals surface area contributed by atoms with Crippen molar-refractivity contribution >= 4 is 29.3 Å². The molecule has 102 valence electrons. The van der Waals surface area contributed by atoms with Crippen molar-refractivity contribution in [3.63, 3.8) is 0 Å². The van der Waals surface area contributed by atoms with Gasteiger partial charge in [0.05, 0.1) is 24.7 Å². The first-order valence-corrected chi connectivity index (χ1v) is 6.96. The number of carbonyl (C=O) groups is 2. The molecule has 0 bridgehead atoms. The monoisotopic (exact) mass is 281 g/mol. The number of benzene rings is 1. The first kappa shape index (κ1) is 13.9. The van der Waals surface area contributed by atoms with Crippen LogP contribution in [0.4, 0.5) is 5.69 Å². The minimum absolute atomic E-state index is 0.00268. The van der Waals surface area contributed by atoms with E-state index >= 15 is 0 Å². The van der Waals surface area contributed by atoms with Gasteiger partial charge in [0, 0.05) is 12.2 Å². The summed E-state index contributed by atoms with van der Waals surface area (Å²) in [4.78, 5) is 25.4. The van der Waals surface area contributed by atoms with Crippen LogP contribution in [-0.2, 0) is 9.59 Å². The molecule has 2 rings (SSSR count). The maximum absolute atomic E-state index is 12.2. The first-order chi connectivity index (χ1) is 9.19. The summed E-state index contributed by atoms with van der Waals surface area (Å²) in [5.74, 6) is 0.471. The molecular formula is C13H15NO4S. The van der Waals surface area contributed by atoms with Crippen LogP contribution in [0.5, 0.6) is 5.75 Å². The van der Waals surface area contributed by atoms with E-state index in [1.165, 1.54) is 23.8 Å². The van der Waals surface area contributed by atoms with E-state index in [-0.39, 0.29) is 24.8 Å². The number of amides is 2. The first-order valence-electron chi connectivity index (χ1n) is 5.91. The molecule has 1 aliphatic heterocycles. The minimum atomic E-state index is -0.412. The van der Waals surface area contributed by atoms with Crippen molar-refractivity contribution in [1.82, 2.24) is 0 Å². The molecule has 0 unspecified atom stereocenters. The third-order valence-electron chi connectivity index (χ3n) is 2.84. The highest BCUT2D eigenvalue weighted by Gasteiger charge is 2.40. The summed E-state index contributed by atoms with van der Waals surface area (Å²) in [5.41, 5.74) is 0.479. The quantitative estimate of drug-likeness (QED) is 0.817. The van der Waals surface area contributed by atoms with E-state index in [1.54, 1.807) is 24.3 Å². The number of aliphatic hydroxyl groups is 1. The summed E-state index contributed by atoms with van der Waals surface area (Å²) < 4.78 is 5.18. The van der Waals surface area contributed by atoms with Crippen molar-refractivity contribution in [1.29, 1.82) is 0 Å². The lowest BCUT2D eigenvalue weighted by Crippen LogP contribution is -2.31. The van der Waals surface area contributed by atoms with Crippen LogP contribution < -0.4 is 9.64 Å². The predicted molar refractivity (Wildman–Crippen MR) is 73.4 cm³/mol. The van der Waals surface area contributed by atoms with Crippen molar-refractivity contribution in [2.75, 3.05) is 24.4 Å².